The summed E-state index contributed by atoms with van der Waals surface area (Å²) < 4.78 is 5.17. The fourth-order valence-corrected chi connectivity index (χ4v) is 2.09. The predicted molar refractivity (Wildman–Crippen MR) is 53.4 cm³/mol. The van der Waals surface area contributed by atoms with Gasteiger partial charge in [0.1, 0.15) is 6.04 Å². The van der Waals surface area contributed by atoms with Gasteiger partial charge in [0.15, 0.2) is 0 Å². The minimum absolute atomic E-state index is 0.0173. The molecular formula is C10H17NO4. The Morgan fingerprint density at radius 2 is 2.13 bits per heavy atom. The van der Waals surface area contributed by atoms with Crippen LogP contribution < -0.4 is 5.32 Å². The zero-order valence-electron chi connectivity index (χ0n) is 9.03. The average Bonchev–Trinajstić information content (AvgIpc) is 2.61. The highest BCUT2D eigenvalue weighted by atomic mass is 16.5. The zero-order chi connectivity index (χ0) is 11.4. The van der Waals surface area contributed by atoms with Gasteiger partial charge < -0.3 is 15.2 Å². The average molecular weight is 215 g/mol. The second-order valence-electron chi connectivity index (χ2n) is 3.95. The van der Waals surface area contributed by atoms with E-state index in [9.17, 15) is 9.59 Å². The molecule has 1 rings (SSSR count). The van der Waals surface area contributed by atoms with E-state index in [1.807, 2.05) is 0 Å². The summed E-state index contributed by atoms with van der Waals surface area (Å²) in [5.41, 5.74) is 0. The summed E-state index contributed by atoms with van der Waals surface area (Å²) >= 11 is 0. The van der Waals surface area contributed by atoms with Crippen LogP contribution in [0.3, 0.4) is 0 Å². The number of rotatable bonds is 4. The maximum absolute atomic E-state index is 11.0. The van der Waals surface area contributed by atoms with Crippen molar-refractivity contribution in [2.45, 2.75) is 38.3 Å². The van der Waals surface area contributed by atoms with Gasteiger partial charge in [-0.15, -0.1) is 0 Å². The van der Waals surface area contributed by atoms with Crippen molar-refractivity contribution < 1.29 is 19.4 Å². The highest BCUT2D eigenvalue weighted by molar-refractivity contribution is 5.82. The van der Waals surface area contributed by atoms with Gasteiger partial charge in [0, 0.05) is 14.0 Å². The second-order valence-corrected chi connectivity index (χ2v) is 3.95. The van der Waals surface area contributed by atoms with Crippen LogP contribution in [0.5, 0.6) is 0 Å². The number of ether oxygens (including phenoxy) is 1. The summed E-state index contributed by atoms with van der Waals surface area (Å²) in [5.74, 6) is -1.29. The van der Waals surface area contributed by atoms with Crippen molar-refractivity contribution in [3.63, 3.8) is 0 Å². The SMILES string of the molecule is CO[C@@H]1CC[C@@H](C(NC(C)=O)C(=O)O)C1. The van der Waals surface area contributed by atoms with E-state index in [-0.39, 0.29) is 17.9 Å². The van der Waals surface area contributed by atoms with E-state index >= 15 is 0 Å². The van der Waals surface area contributed by atoms with E-state index in [0.29, 0.717) is 6.42 Å². The third-order valence-electron chi connectivity index (χ3n) is 2.85. The molecule has 0 aromatic carbocycles. The van der Waals surface area contributed by atoms with Gasteiger partial charge in [0.25, 0.3) is 0 Å². The van der Waals surface area contributed by atoms with E-state index in [1.54, 1.807) is 7.11 Å². The molecule has 2 N–H and O–H groups in total. The molecule has 15 heavy (non-hydrogen) atoms. The highest BCUT2D eigenvalue weighted by Gasteiger charge is 2.35. The molecule has 0 saturated heterocycles. The minimum Gasteiger partial charge on any atom is -0.480 e. The van der Waals surface area contributed by atoms with Crippen LogP contribution in [0, 0.1) is 5.92 Å². The van der Waals surface area contributed by atoms with Crippen LogP contribution in [0.25, 0.3) is 0 Å². The molecule has 0 heterocycles. The van der Waals surface area contributed by atoms with Crippen LogP contribution in [-0.2, 0) is 14.3 Å². The van der Waals surface area contributed by atoms with Crippen molar-refractivity contribution in [1.82, 2.24) is 5.32 Å². The number of carbonyl (C=O) groups is 2. The van der Waals surface area contributed by atoms with Crippen molar-refractivity contribution in [1.29, 1.82) is 0 Å². The minimum atomic E-state index is -0.966. The molecule has 0 aromatic heterocycles. The molecule has 1 saturated carbocycles. The quantitative estimate of drug-likeness (QED) is 0.711. The largest absolute Gasteiger partial charge is 0.480 e. The predicted octanol–water partition coefficient (Wildman–Crippen LogP) is 0.391. The summed E-state index contributed by atoms with van der Waals surface area (Å²) in [6.45, 7) is 1.33. The van der Waals surface area contributed by atoms with E-state index in [0.717, 1.165) is 12.8 Å². The Balaban J connectivity index is 2.57. The topological polar surface area (TPSA) is 75.6 Å². The lowest BCUT2D eigenvalue weighted by molar-refractivity contribution is -0.143. The van der Waals surface area contributed by atoms with Gasteiger partial charge in [-0.2, -0.15) is 0 Å². The Labute approximate surface area is 88.8 Å². The lowest BCUT2D eigenvalue weighted by Gasteiger charge is -2.19. The third kappa shape index (κ3) is 3.20. The molecular weight excluding hydrogens is 198 g/mol. The van der Waals surface area contributed by atoms with Gasteiger partial charge in [-0.3, -0.25) is 4.79 Å². The zero-order valence-corrected chi connectivity index (χ0v) is 9.03. The van der Waals surface area contributed by atoms with E-state index in [2.05, 4.69) is 5.32 Å². The number of carbonyl (C=O) groups excluding carboxylic acids is 1. The number of carboxylic acids is 1. The van der Waals surface area contributed by atoms with Crippen molar-refractivity contribution in [2.75, 3.05) is 7.11 Å². The number of amides is 1. The summed E-state index contributed by atoms with van der Waals surface area (Å²) in [6.07, 6.45) is 2.49. The first-order valence-corrected chi connectivity index (χ1v) is 5.07. The molecule has 1 aliphatic carbocycles. The summed E-state index contributed by atoms with van der Waals surface area (Å²) in [5, 5.41) is 11.5. The lowest BCUT2D eigenvalue weighted by Crippen LogP contribution is -2.44. The van der Waals surface area contributed by atoms with Crippen molar-refractivity contribution in [3.05, 3.63) is 0 Å². The van der Waals surface area contributed by atoms with Crippen molar-refractivity contribution in [2.24, 2.45) is 5.92 Å². The molecule has 1 amide bonds. The van der Waals surface area contributed by atoms with Gasteiger partial charge in [-0.05, 0) is 25.2 Å². The van der Waals surface area contributed by atoms with E-state index < -0.39 is 12.0 Å². The Morgan fingerprint density at radius 1 is 1.47 bits per heavy atom. The van der Waals surface area contributed by atoms with Gasteiger partial charge in [0.2, 0.25) is 5.91 Å². The Morgan fingerprint density at radius 3 is 2.53 bits per heavy atom. The standard InChI is InChI=1S/C10H17NO4/c1-6(12)11-9(10(13)14)7-3-4-8(5-7)15-2/h7-9H,3-5H2,1-2H3,(H,11,12)(H,13,14)/t7-,8-,9?/m1/s1. The molecule has 5 heteroatoms. The first-order valence-electron chi connectivity index (χ1n) is 5.07. The smallest absolute Gasteiger partial charge is 0.326 e. The molecule has 1 unspecified atom stereocenters. The van der Waals surface area contributed by atoms with Crippen LogP contribution in [0.4, 0.5) is 0 Å². The Bertz CT molecular complexity index is 254. The van der Waals surface area contributed by atoms with Crippen molar-refractivity contribution in [3.8, 4) is 0 Å². The molecule has 0 aromatic rings. The van der Waals surface area contributed by atoms with Gasteiger partial charge >= 0.3 is 5.97 Å². The van der Waals surface area contributed by atoms with Crippen LogP contribution in [0.15, 0.2) is 0 Å². The number of methoxy groups -OCH3 is 1. The van der Waals surface area contributed by atoms with E-state index in [4.69, 9.17) is 9.84 Å². The number of hydrogen-bond donors (Lipinski definition) is 2. The first kappa shape index (κ1) is 12.0. The molecule has 0 radical (unpaired) electrons. The number of nitrogens with one attached hydrogen (secondary N) is 1. The molecule has 3 atom stereocenters. The van der Waals surface area contributed by atoms with Gasteiger partial charge in [-0.1, -0.05) is 0 Å². The van der Waals surface area contributed by atoms with Crippen LogP contribution in [-0.4, -0.2) is 36.2 Å². The fourth-order valence-electron chi connectivity index (χ4n) is 2.09. The normalized spacial score (nSPS) is 27.3. The molecule has 0 bridgehead atoms. The fraction of sp³-hybridized carbons (Fsp3) is 0.800. The molecule has 86 valence electrons. The number of aliphatic carboxylic acids is 1. The Hall–Kier alpha value is -1.10. The lowest BCUT2D eigenvalue weighted by atomic mass is 9.98. The van der Waals surface area contributed by atoms with Gasteiger partial charge in [-0.25, -0.2) is 4.79 Å². The molecule has 0 aliphatic heterocycles. The van der Waals surface area contributed by atoms with Gasteiger partial charge in [0.05, 0.1) is 6.10 Å². The summed E-state index contributed by atoms with van der Waals surface area (Å²) in [4.78, 5) is 21.8. The van der Waals surface area contributed by atoms with Crippen molar-refractivity contribution >= 4 is 11.9 Å². The van der Waals surface area contributed by atoms with Crippen LogP contribution >= 0.6 is 0 Å². The highest BCUT2D eigenvalue weighted by Crippen LogP contribution is 2.30. The van der Waals surface area contributed by atoms with Crippen LogP contribution in [0.2, 0.25) is 0 Å². The van der Waals surface area contributed by atoms with Crippen LogP contribution in [0.1, 0.15) is 26.2 Å². The van der Waals surface area contributed by atoms with E-state index in [1.165, 1.54) is 6.92 Å². The number of carboxylic acid groups (broad SMARTS) is 1. The molecule has 5 nitrogen and oxygen atoms in total. The molecule has 0 spiro atoms. The monoisotopic (exact) mass is 215 g/mol. The summed E-state index contributed by atoms with van der Waals surface area (Å²) in [6, 6.07) is -0.775. The Kier molecular flexibility index (Phi) is 4.08. The molecule has 1 fully saturated rings. The third-order valence-corrected chi connectivity index (χ3v) is 2.85. The maximum Gasteiger partial charge on any atom is 0.326 e. The first-order chi connectivity index (χ1) is 7.04. The summed E-state index contributed by atoms with van der Waals surface area (Å²) in [7, 11) is 1.63. The second kappa shape index (κ2) is 5.11. The number of hydrogen-bond acceptors (Lipinski definition) is 3. The molecule has 1 aliphatic rings. The maximum atomic E-state index is 11.0.